The Hall–Kier alpha value is -2.07. The Balaban J connectivity index is 1.75. The number of benzene rings is 1. The molecule has 23 heavy (non-hydrogen) atoms. The molecule has 1 aliphatic rings. The van der Waals surface area contributed by atoms with Gasteiger partial charge in [-0.25, -0.2) is 4.98 Å². The molecule has 3 rings (SSSR count). The van der Waals surface area contributed by atoms with Crippen molar-refractivity contribution in [1.29, 1.82) is 0 Å². The van der Waals surface area contributed by atoms with Crippen LogP contribution in [0.4, 0.5) is 0 Å². The second kappa shape index (κ2) is 7.01. The van der Waals surface area contributed by atoms with Crippen LogP contribution in [0.2, 0.25) is 5.02 Å². The van der Waals surface area contributed by atoms with Gasteiger partial charge in [-0.2, -0.15) is 0 Å². The van der Waals surface area contributed by atoms with Crippen LogP contribution in [-0.2, 0) is 17.9 Å². The number of nitrogens with zero attached hydrogens (tertiary/aromatic N) is 3. The molecule has 5 heteroatoms. The highest BCUT2D eigenvalue weighted by Crippen LogP contribution is 2.31. The summed E-state index contributed by atoms with van der Waals surface area (Å²) >= 11 is 6.24. The molecule has 0 N–H and O–H groups in total. The number of imidazole rings is 1. The summed E-state index contributed by atoms with van der Waals surface area (Å²) < 4.78 is 2.04. The van der Waals surface area contributed by atoms with Crippen LogP contribution in [0.3, 0.4) is 0 Å². The Labute approximate surface area is 141 Å². The van der Waals surface area contributed by atoms with Gasteiger partial charge in [0.25, 0.3) is 0 Å². The molecule has 120 valence electrons. The highest BCUT2D eigenvalue weighted by molar-refractivity contribution is 6.31. The van der Waals surface area contributed by atoms with Crippen LogP contribution in [0.1, 0.15) is 24.2 Å². The first-order valence-corrected chi connectivity index (χ1v) is 8.20. The Kier molecular flexibility index (Phi) is 4.82. The van der Waals surface area contributed by atoms with Gasteiger partial charge < -0.3 is 9.47 Å². The van der Waals surface area contributed by atoms with Crippen molar-refractivity contribution in [3.8, 4) is 0 Å². The molecule has 1 aliphatic carbocycles. The van der Waals surface area contributed by atoms with Gasteiger partial charge in [-0.3, -0.25) is 4.79 Å². The van der Waals surface area contributed by atoms with E-state index in [-0.39, 0.29) is 11.8 Å². The van der Waals surface area contributed by atoms with Gasteiger partial charge in [0, 0.05) is 29.9 Å². The van der Waals surface area contributed by atoms with E-state index in [9.17, 15) is 4.79 Å². The fourth-order valence-electron chi connectivity index (χ4n) is 2.59. The lowest BCUT2D eigenvalue weighted by Crippen LogP contribution is -2.33. The largest absolute Gasteiger partial charge is 0.331 e. The minimum atomic E-state index is 0.196. The van der Waals surface area contributed by atoms with Gasteiger partial charge >= 0.3 is 0 Å². The van der Waals surface area contributed by atoms with Crippen LogP contribution >= 0.6 is 11.6 Å². The summed E-state index contributed by atoms with van der Waals surface area (Å²) in [7, 11) is 0. The number of rotatable bonds is 7. The third-order valence-corrected chi connectivity index (χ3v) is 4.39. The number of hydrogen-bond acceptors (Lipinski definition) is 2. The van der Waals surface area contributed by atoms with Crippen molar-refractivity contribution in [2.24, 2.45) is 5.92 Å². The van der Waals surface area contributed by atoms with Crippen LogP contribution in [0.15, 0.2) is 49.3 Å². The van der Waals surface area contributed by atoms with Crippen molar-refractivity contribution in [2.45, 2.75) is 25.9 Å². The number of carbonyl (C=O) groups excluding carboxylic acids is 1. The van der Waals surface area contributed by atoms with Crippen molar-refractivity contribution in [1.82, 2.24) is 14.5 Å². The topological polar surface area (TPSA) is 38.1 Å². The molecule has 0 bridgehead atoms. The minimum Gasteiger partial charge on any atom is -0.331 e. The normalized spacial score (nSPS) is 13.8. The summed E-state index contributed by atoms with van der Waals surface area (Å²) in [5.74, 6) is 1.26. The smallest absolute Gasteiger partial charge is 0.226 e. The molecule has 1 amide bonds. The Morgan fingerprint density at radius 1 is 1.43 bits per heavy atom. The predicted octanol–water partition coefficient (Wildman–Crippen LogP) is 3.51. The van der Waals surface area contributed by atoms with Gasteiger partial charge in [0.1, 0.15) is 5.82 Å². The van der Waals surface area contributed by atoms with Crippen molar-refractivity contribution in [3.63, 3.8) is 0 Å². The third-order valence-electron chi connectivity index (χ3n) is 4.02. The lowest BCUT2D eigenvalue weighted by Gasteiger charge is -2.21. The maximum Gasteiger partial charge on any atom is 0.226 e. The van der Waals surface area contributed by atoms with Crippen LogP contribution in [0.25, 0.3) is 0 Å². The summed E-state index contributed by atoms with van der Waals surface area (Å²) in [6, 6.07) is 7.77. The summed E-state index contributed by atoms with van der Waals surface area (Å²) in [5.41, 5.74) is 1.04. The molecule has 4 nitrogen and oxygen atoms in total. The van der Waals surface area contributed by atoms with Gasteiger partial charge in [0.05, 0.1) is 13.1 Å². The lowest BCUT2D eigenvalue weighted by atomic mass is 10.2. The summed E-state index contributed by atoms with van der Waals surface area (Å²) in [5, 5.41) is 0.740. The zero-order valence-corrected chi connectivity index (χ0v) is 13.7. The molecule has 0 atom stereocenters. The number of halogens is 1. The van der Waals surface area contributed by atoms with E-state index < -0.39 is 0 Å². The van der Waals surface area contributed by atoms with E-state index in [2.05, 4.69) is 11.6 Å². The molecule has 2 aromatic rings. The Morgan fingerprint density at radius 3 is 2.91 bits per heavy atom. The first kappa shape index (κ1) is 15.8. The van der Waals surface area contributed by atoms with Crippen molar-refractivity contribution < 1.29 is 4.79 Å². The van der Waals surface area contributed by atoms with Crippen LogP contribution in [0.5, 0.6) is 0 Å². The Morgan fingerprint density at radius 2 is 2.22 bits per heavy atom. The summed E-state index contributed by atoms with van der Waals surface area (Å²) in [6.45, 7) is 5.45. The highest BCUT2D eigenvalue weighted by atomic mass is 35.5. The molecule has 1 aromatic carbocycles. The maximum absolute atomic E-state index is 12.4. The first-order valence-electron chi connectivity index (χ1n) is 7.82. The van der Waals surface area contributed by atoms with Gasteiger partial charge in [0.2, 0.25) is 5.91 Å². The van der Waals surface area contributed by atoms with E-state index in [0.717, 1.165) is 29.3 Å². The van der Waals surface area contributed by atoms with Crippen molar-refractivity contribution >= 4 is 17.5 Å². The van der Waals surface area contributed by atoms with E-state index in [1.165, 1.54) is 0 Å². The number of aromatic nitrogens is 2. The Bertz CT molecular complexity index is 706. The molecular weight excluding hydrogens is 310 g/mol. The molecule has 1 fully saturated rings. The highest BCUT2D eigenvalue weighted by Gasteiger charge is 2.33. The molecular formula is C18H20ClN3O. The first-order chi connectivity index (χ1) is 11.2. The van der Waals surface area contributed by atoms with Crippen molar-refractivity contribution in [3.05, 3.63) is 65.7 Å². The molecule has 0 saturated heterocycles. The van der Waals surface area contributed by atoms with Crippen LogP contribution < -0.4 is 0 Å². The van der Waals surface area contributed by atoms with Gasteiger partial charge in [0.15, 0.2) is 0 Å². The average Bonchev–Trinajstić information content (AvgIpc) is 3.31. The van der Waals surface area contributed by atoms with Gasteiger partial charge in [-0.1, -0.05) is 35.9 Å². The molecule has 1 aromatic heterocycles. The molecule has 0 unspecified atom stereocenters. The van der Waals surface area contributed by atoms with Crippen LogP contribution in [-0.4, -0.2) is 26.9 Å². The number of carbonyl (C=O) groups is 1. The van der Waals surface area contributed by atoms with Crippen molar-refractivity contribution in [2.75, 3.05) is 6.54 Å². The number of hydrogen-bond donors (Lipinski definition) is 0. The SMILES string of the molecule is C=CCN(Cc1nccn1Cc1ccccc1Cl)C(=O)C1CC1. The molecule has 0 radical (unpaired) electrons. The lowest BCUT2D eigenvalue weighted by molar-refractivity contribution is -0.132. The minimum absolute atomic E-state index is 0.196. The molecule has 1 heterocycles. The fraction of sp³-hybridized carbons (Fsp3) is 0.333. The van der Waals surface area contributed by atoms with Crippen LogP contribution in [0, 0.1) is 5.92 Å². The zero-order valence-electron chi connectivity index (χ0n) is 13.0. The van der Waals surface area contributed by atoms with E-state index in [4.69, 9.17) is 11.6 Å². The maximum atomic E-state index is 12.4. The monoisotopic (exact) mass is 329 g/mol. The van der Waals surface area contributed by atoms with Gasteiger partial charge in [-0.05, 0) is 24.5 Å². The zero-order chi connectivity index (χ0) is 16.2. The average molecular weight is 330 g/mol. The fourth-order valence-corrected chi connectivity index (χ4v) is 2.79. The van der Waals surface area contributed by atoms with E-state index in [0.29, 0.717) is 19.6 Å². The standard InChI is InChI=1S/C18H20ClN3O/c1-2-10-22(18(23)14-7-8-14)13-17-20-9-11-21(17)12-15-5-3-4-6-16(15)19/h2-6,9,11,14H,1,7-8,10,12-13H2. The van der Waals surface area contributed by atoms with E-state index in [1.54, 1.807) is 12.3 Å². The quantitative estimate of drug-likeness (QED) is 0.729. The number of amides is 1. The second-order valence-corrected chi connectivity index (χ2v) is 6.25. The summed E-state index contributed by atoms with van der Waals surface area (Å²) in [4.78, 5) is 18.6. The molecule has 0 spiro atoms. The second-order valence-electron chi connectivity index (χ2n) is 5.84. The molecule has 1 saturated carbocycles. The summed E-state index contributed by atoms with van der Waals surface area (Å²) in [6.07, 6.45) is 7.45. The van der Waals surface area contributed by atoms with Gasteiger partial charge in [-0.15, -0.1) is 6.58 Å². The predicted molar refractivity (Wildman–Crippen MR) is 91.1 cm³/mol. The third kappa shape index (κ3) is 3.82. The van der Waals surface area contributed by atoms with E-state index >= 15 is 0 Å². The molecule has 0 aliphatic heterocycles. The van der Waals surface area contributed by atoms with E-state index in [1.807, 2.05) is 39.9 Å².